The minimum absolute atomic E-state index is 0.140. The van der Waals surface area contributed by atoms with Crippen LogP contribution in [0.25, 0.3) is 0 Å². The van der Waals surface area contributed by atoms with Crippen LogP contribution in [0, 0.1) is 0 Å². The number of carbonyl (C=O) groups is 1. The van der Waals surface area contributed by atoms with Crippen molar-refractivity contribution >= 4 is 5.97 Å². The van der Waals surface area contributed by atoms with Crippen molar-refractivity contribution in [3.8, 4) is 0 Å². The van der Waals surface area contributed by atoms with Crippen LogP contribution in [0.15, 0.2) is 0 Å². The maximum Gasteiger partial charge on any atom is 0.305 e. The molecular weight excluding hydrogens is 308 g/mol. The summed E-state index contributed by atoms with van der Waals surface area (Å²) in [4.78, 5) is 11.2. The minimum Gasteiger partial charge on any atom is -0.466 e. The summed E-state index contributed by atoms with van der Waals surface area (Å²) in [6, 6.07) is 0. The van der Waals surface area contributed by atoms with Crippen LogP contribution in [-0.4, -0.2) is 52.2 Å². The first kappa shape index (κ1) is 23.4. The maximum atomic E-state index is 11.2. The Morgan fingerprint density at radius 1 is 0.583 bits per heavy atom. The van der Waals surface area contributed by atoms with Gasteiger partial charge in [0, 0.05) is 19.6 Å². The minimum atomic E-state index is -0.140. The molecule has 0 rings (SSSR count). The average Bonchev–Trinajstić information content (AvgIpc) is 2.59. The molecule has 0 aliphatic heterocycles. The van der Waals surface area contributed by atoms with Crippen LogP contribution in [0.1, 0.15) is 71.6 Å². The zero-order valence-electron chi connectivity index (χ0n) is 15.9. The lowest BCUT2D eigenvalue weighted by atomic mass is 10.1. The molecule has 144 valence electrons. The van der Waals surface area contributed by atoms with E-state index in [2.05, 4.69) is 6.92 Å². The van der Waals surface area contributed by atoms with Gasteiger partial charge in [0.15, 0.2) is 0 Å². The standard InChI is InChI=1S/C19H38O5/c1-3-5-6-7-8-9-13-21-15-17-23-18-16-22-14-10-11-19(20)24-12-4-2/h3-18H2,1-2H3. The van der Waals surface area contributed by atoms with E-state index < -0.39 is 0 Å². The first-order chi connectivity index (χ1) is 11.8. The molecule has 0 amide bonds. The second-order valence-corrected chi connectivity index (χ2v) is 5.93. The summed E-state index contributed by atoms with van der Waals surface area (Å²) in [6.07, 6.45) is 9.71. The van der Waals surface area contributed by atoms with Crippen molar-refractivity contribution in [1.82, 2.24) is 0 Å². The summed E-state index contributed by atoms with van der Waals surface area (Å²) in [7, 11) is 0. The van der Waals surface area contributed by atoms with Crippen molar-refractivity contribution in [3.63, 3.8) is 0 Å². The zero-order chi connectivity index (χ0) is 17.7. The number of esters is 1. The van der Waals surface area contributed by atoms with Crippen molar-refractivity contribution in [2.45, 2.75) is 71.6 Å². The van der Waals surface area contributed by atoms with Gasteiger partial charge in [-0.3, -0.25) is 4.79 Å². The van der Waals surface area contributed by atoms with E-state index in [-0.39, 0.29) is 5.97 Å². The lowest BCUT2D eigenvalue weighted by Gasteiger charge is -2.07. The Bertz CT molecular complexity index is 258. The molecule has 0 aliphatic rings. The summed E-state index contributed by atoms with van der Waals surface area (Å²) in [6.45, 7) is 8.52. The molecule has 0 aliphatic carbocycles. The molecule has 0 bridgehead atoms. The summed E-state index contributed by atoms with van der Waals surface area (Å²) in [5.74, 6) is -0.140. The van der Waals surface area contributed by atoms with Gasteiger partial charge in [0.1, 0.15) is 0 Å². The van der Waals surface area contributed by atoms with E-state index in [1.807, 2.05) is 6.92 Å². The molecule has 0 unspecified atom stereocenters. The fourth-order valence-corrected chi connectivity index (χ4v) is 2.13. The topological polar surface area (TPSA) is 54.0 Å². The van der Waals surface area contributed by atoms with Crippen LogP contribution in [0.2, 0.25) is 0 Å². The number of rotatable bonds is 19. The Kier molecular flexibility index (Phi) is 19.8. The van der Waals surface area contributed by atoms with Gasteiger partial charge in [0.05, 0.1) is 33.0 Å². The molecule has 0 saturated carbocycles. The Morgan fingerprint density at radius 2 is 1.12 bits per heavy atom. The highest BCUT2D eigenvalue weighted by atomic mass is 16.5. The normalized spacial score (nSPS) is 10.9. The maximum absolute atomic E-state index is 11.2. The highest BCUT2D eigenvalue weighted by Crippen LogP contribution is 2.04. The van der Waals surface area contributed by atoms with Gasteiger partial charge in [0.2, 0.25) is 0 Å². The van der Waals surface area contributed by atoms with Crippen molar-refractivity contribution in [2.24, 2.45) is 0 Å². The molecule has 0 saturated heterocycles. The molecule has 24 heavy (non-hydrogen) atoms. The number of unbranched alkanes of at least 4 members (excludes halogenated alkanes) is 5. The van der Waals surface area contributed by atoms with Crippen LogP contribution >= 0.6 is 0 Å². The van der Waals surface area contributed by atoms with Gasteiger partial charge in [-0.15, -0.1) is 0 Å². The van der Waals surface area contributed by atoms with E-state index in [9.17, 15) is 4.79 Å². The summed E-state index contributed by atoms with van der Waals surface area (Å²) < 4.78 is 21.3. The van der Waals surface area contributed by atoms with E-state index in [4.69, 9.17) is 18.9 Å². The summed E-state index contributed by atoms with van der Waals surface area (Å²) in [5, 5.41) is 0. The lowest BCUT2D eigenvalue weighted by molar-refractivity contribution is -0.144. The molecule has 0 atom stereocenters. The molecular formula is C19H38O5. The smallest absolute Gasteiger partial charge is 0.305 e. The average molecular weight is 347 g/mol. The van der Waals surface area contributed by atoms with E-state index in [1.54, 1.807) is 0 Å². The lowest BCUT2D eigenvalue weighted by Crippen LogP contribution is -2.11. The van der Waals surface area contributed by atoms with Crippen LogP contribution in [0.4, 0.5) is 0 Å². The fourth-order valence-electron chi connectivity index (χ4n) is 2.13. The molecule has 0 aromatic heterocycles. The fraction of sp³-hybridized carbons (Fsp3) is 0.947. The van der Waals surface area contributed by atoms with Crippen molar-refractivity contribution in [2.75, 3.05) is 46.2 Å². The highest BCUT2D eigenvalue weighted by molar-refractivity contribution is 5.69. The highest BCUT2D eigenvalue weighted by Gasteiger charge is 2.01. The van der Waals surface area contributed by atoms with Crippen molar-refractivity contribution in [3.05, 3.63) is 0 Å². The first-order valence-corrected chi connectivity index (χ1v) is 9.70. The van der Waals surface area contributed by atoms with Gasteiger partial charge in [0.25, 0.3) is 0 Å². The molecule has 5 heteroatoms. The Morgan fingerprint density at radius 3 is 1.75 bits per heavy atom. The SMILES string of the molecule is CCCCCCCCOCCOCCOCCCC(=O)OCCC. The second-order valence-electron chi connectivity index (χ2n) is 5.93. The molecule has 0 fully saturated rings. The first-order valence-electron chi connectivity index (χ1n) is 9.70. The molecule has 0 radical (unpaired) electrons. The quantitative estimate of drug-likeness (QED) is 0.260. The number of carbonyl (C=O) groups excluding carboxylic acids is 1. The Labute approximate surface area is 148 Å². The molecule has 0 spiro atoms. The third kappa shape index (κ3) is 19.4. The largest absolute Gasteiger partial charge is 0.466 e. The predicted octanol–water partition coefficient (Wildman–Crippen LogP) is 4.13. The summed E-state index contributed by atoms with van der Waals surface area (Å²) >= 11 is 0. The van der Waals surface area contributed by atoms with E-state index in [1.165, 1.54) is 32.1 Å². The van der Waals surface area contributed by atoms with Crippen molar-refractivity contribution < 1.29 is 23.7 Å². The van der Waals surface area contributed by atoms with E-state index in [0.717, 1.165) is 19.4 Å². The molecule has 0 heterocycles. The molecule has 0 N–H and O–H groups in total. The summed E-state index contributed by atoms with van der Waals surface area (Å²) in [5.41, 5.74) is 0. The van der Waals surface area contributed by atoms with Crippen molar-refractivity contribution in [1.29, 1.82) is 0 Å². The molecule has 0 aromatic rings. The number of ether oxygens (including phenoxy) is 4. The van der Waals surface area contributed by atoms with Crippen LogP contribution in [-0.2, 0) is 23.7 Å². The second kappa shape index (κ2) is 20.4. The Balaban J connectivity index is 3.04. The van der Waals surface area contributed by atoms with Crippen LogP contribution in [0.3, 0.4) is 0 Å². The van der Waals surface area contributed by atoms with Gasteiger partial charge in [-0.1, -0.05) is 46.0 Å². The van der Waals surface area contributed by atoms with Crippen LogP contribution < -0.4 is 0 Å². The monoisotopic (exact) mass is 346 g/mol. The third-order valence-corrected chi connectivity index (χ3v) is 3.52. The molecule has 0 aromatic carbocycles. The molecule has 5 nitrogen and oxygen atoms in total. The van der Waals surface area contributed by atoms with Gasteiger partial charge >= 0.3 is 5.97 Å². The number of hydrogen-bond donors (Lipinski definition) is 0. The van der Waals surface area contributed by atoms with E-state index in [0.29, 0.717) is 52.5 Å². The predicted molar refractivity (Wildman–Crippen MR) is 96.3 cm³/mol. The number of hydrogen-bond acceptors (Lipinski definition) is 5. The van der Waals surface area contributed by atoms with Crippen LogP contribution in [0.5, 0.6) is 0 Å². The van der Waals surface area contributed by atoms with Gasteiger partial charge in [-0.05, 0) is 19.3 Å². The zero-order valence-corrected chi connectivity index (χ0v) is 15.9. The van der Waals surface area contributed by atoms with Gasteiger partial charge in [-0.2, -0.15) is 0 Å². The Hall–Kier alpha value is -0.650. The van der Waals surface area contributed by atoms with E-state index >= 15 is 0 Å². The third-order valence-electron chi connectivity index (χ3n) is 3.52. The van der Waals surface area contributed by atoms with Gasteiger partial charge < -0.3 is 18.9 Å². The van der Waals surface area contributed by atoms with Gasteiger partial charge in [-0.25, -0.2) is 0 Å².